The minimum Gasteiger partial charge on any atom is -0.507 e. The molecule has 3 N–H and O–H groups in total. The molecule has 0 aliphatic rings. The highest BCUT2D eigenvalue weighted by Crippen LogP contribution is 2.23. The Hall–Kier alpha value is -1.95. The lowest BCUT2D eigenvalue weighted by Crippen LogP contribution is -2.26. The van der Waals surface area contributed by atoms with Gasteiger partial charge < -0.3 is 10.8 Å². The van der Waals surface area contributed by atoms with Gasteiger partial charge in [0, 0.05) is 12.1 Å². The molecule has 0 bridgehead atoms. The lowest BCUT2D eigenvalue weighted by molar-refractivity contribution is -0.384. The van der Waals surface area contributed by atoms with Crippen molar-refractivity contribution in [2.45, 2.75) is 13.0 Å². The predicted molar refractivity (Wildman–Crippen MR) is 52.7 cm³/mol. The van der Waals surface area contributed by atoms with Gasteiger partial charge in [0.25, 0.3) is 5.69 Å². The maximum absolute atomic E-state index is 11.4. The molecule has 0 aromatic heterocycles. The topological polar surface area (TPSA) is 106 Å². The van der Waals surface area contributed by atoms with Crippen molar-refractivity contribution in [2.24, 2.45) is 5.73 Å². The van der Waals surface area contributed by atoms with Crippen LogP contribution in [0.3, 0.4) is 0 Å². The molecule has 0 spiro atoms. The summed E-state index contributed by atoms with van der Waals surface area (Å²) in [4.78, 5) is 21.2. The van der Waals surface area contributed by atoms with Crippen molar-refractivity contribution >= 4 is 11.5 Å². The first-order chi connectivity index (χ1) is 6.93. The Labute approximate surface area is 85.5 Å². The summed E-state index contributed by atoms with van der Waals surface area (Å²) in [6.45, 7) is 1.45. The average molecular weight is 210 g/mol. The lowest BCUT2D eigenvalue weighted by Gasteiger charge is -2.05. The molecule has 0 amide bonds. The summed E-state index contributed by atoms with van der Waals surface area (Å²) in [6.07, 6.45) is 0. The van der Waals surface area contributed by atoms with E-state index in [0.717, 1.165) is 18.2 Å². The largest absolute Gasteiger partial charge is 0.507 e. The van der Waals surface area contributed by atoms with Crippen LogP contribution in [0.25, 0.3) is 0 Å². The summed E-state index contributed by atoms with van der Waals surface area (Å²) in [7, 11) is 0. The summed E-state index contributed by atoms with van der Waals surface area (Å²) in [5.74, 6) is -0.834. The molecule has 0 saturated carbocycles. The van der Waals surface area contributed by atoms with Crippen LogP contribution in [0.1, 0.15) is 17.3 Å². The van der Waals surface area contributed by atoms with E-state index in [4.69, 9.17) is 5.73 Å². The molecule has 0 heterocycles. The molecule has 0 aliphatic heterocycles. The summed E-state index contributed by atoms with van der Waals surface area (Å²) < 4.78 is 0. The number of hydrogen-bond acceptors (Lipinski definition) is 5. The van der Waals surface area contributed by atoms with Gasteiger partial charge >= 0.3 is 0 Å². The summed E-state index contributed by atoms with van der Waals surface area (Å²) in [5, 5.41) is 19.8. The van der Waals surface area contributed by atoms with Crippen LogP contribution in [-0.2, 0) is 0 Å². The highest BCUT2D eigenvalue weighted by atomic mass is 16.6. The van der Waals surface area contributed by atoms with Gasteiger partial charge in [-0.2, -0.15) is 0 Å². The molecule has 6 heteroatoms. The zero-order valence-corrected chi connectivity index (χ0v) is 8.01. The maximum atomic E-state index is 11.4. The number of nitrogens with two attached hydrogens (primary N) is 1. The number of ketones is 1. The van der Waals surface area contributed by atoms with E-state index in [9.17, 15) is 20.0 Å². The molecule has 0 radical (unpaired) electrons. The Morgan fingerprint density at radius 1 is 1.60 bits per heavy atom. The Kier molecular flexibility index (Phi) is 3.01. The molecule has 6 nitrogen and oxygen atoms in total. The highest BCUT2D eigenvalue weighted by Gasteiger charge is 2.18. The van der Waals surface area contributed by atoms with Crippen LogP contribution in [0.2, 0.25) is 0 Å². The van der Waals surface area contributed by atoms with Gasteiger partial charge in [-0.25, -0.2) is 0 Å². The average Bonchev–Trinajstić information content (AvgIpc) is 2.16. The van der Waals surface area contributed by atoms with Crippen molar-refractivity contribution in [2.75, 3.05) is 0 Å². The number of benzene rings is 1. The Bertz CT molecular complexity index is 415. The molecule has 1 aromatic rings. The maximum Gasteiger partial charge on any atom is 0.270 e. The fourth-order valence-corrected chi connectivity index (χ4v) is 1.08. The molecule has 1 rings (SSSR count). The van der Waals surface area contributed by atoms with E-state index in [1.54, 1.807) is 0 Å². The zero-order valence-electron chi connectivity index (χ0n) is 8.01. The van der Waals surface area contributed by atoms with Gasteiger partial charge in [0.1, 0.15) is 5.75 Å². The van der Waals surface area contributed by atoms with Crippen molar-refractivity contribution in [3.63, 3.8) is 0 Å². The lowest BCUT2D eigenvalue weighted by atomic mass is 10.0. The van der Waals surface area contributed by atoms with Crippen molar-refractivity contribution in [3.8, 4) is 5.75 Å². The number of Topliss-reactive ketones (excluding diaryl/α,β-unsaturated/α-hetero) is 1. The van der Waals surface area contributed by atoms with E-state index in [0.29, 0.717) is 0 Å². The predicted octanol–water partition coefficient (Wildman–Crippen LogP) is 0.830. The number of nitrogens with zero attached hydrogens (tertiary/aromatic N) is 1. The number of phenolic OH excluding ortho intramolecular Hbond substituents is 1. The smallest absolute Gasteiger partial charge is 0.270 e. The molecule has 0 aliphatic carbocycles. The van der Waals surface area contributed by atoms with Crippen molar-refractivity contribution < 1.29 is 14.8 Å². The highest BCUT2D eigenvalue weighted by molar-refractivity contribution is 6.02. The molecule has 1 atom stereocenters. The first-order valence-electron chi connectivity index (χ1n) is 4.20. The Morgan fingerprint density at radius 3 is 2.67 bits per heavy atom. The van der Waals surface area contributed by atoms with E-state index in [-0.39, 0.29) is 17.0 Å². The van der Waals surface area contributed by atoms with Crippen molar-refractivity contribution in [1.29, 1.82) is 0 Å². The number of non-ortho nitro benzene ring substituents is 1. The van der Waals surface area contributed by atoms with Gasteiger partial charge in [-0.3, -0.25) is 14.9 Å². The minimum absolute atomic E-state index is 0.126. The first kappa shape index (κ1) is 11.1. The van der Waals surface area contributed by atoms with Gasteiger partial charge in [0.05, 0.1) is 16.5 Å². The number of hydrogen-bond donors (Lipinski definition) is 2. The van der Waals surface area contributed by atoms with Crippen LogP contribution in [0, 0.1) is 10.1 Å². The number of nitro groups is 1. The number of rotatable bonds is 3. The summed E-state index contributed by atoms with van der Waals surface area (Å²) in [6, 6.07) is 2.43. The normalized spacial score (nSPS) is 12.1. The third-order valence-corrected chi connectivity index (χ3v) is 1.87. The number of carbonyl (C=O) groups is 1. The van der Waals surface area contributed by atoms with E-state index in [2.05, 4.69) is 0 Å². The van der Waals surface area contributed by atoms with Crippen LogP contribution in [0.15, 0.2) is 18.2 Å². The van der Waals surface area contributed by atoms with Crippen molar-refractivity contribution in [1.82, 2.24) is 0 Å². The zero-order chi connectivity index (χ0) is 11.6. The van der Waals surface area contributed by atoms with Crippen LogP contribution < -0.4 is 5.73 Å². The fraction of sp³-hybridized carbons (Fsp3) is 0.222. The number of nitro benzene ring substituents is 1. The van der Waals surface area contributed by atoms with E-state index >= 15 is 0 Å². The van der Waals surface area contributed by atoms with Crippen LogP contribution >= 0.6 is 0 Å². The Balaban J connectivity index is 3.22. The van der Waals surface area contributed by atoms with E-state index in [1.807, 2.05) is 0 Å². The third kappa shape index (κ3) is 2.29. The van der Waals surface area contributed by atoms with Gasteiger partial charge in [-0.05, 0) is 13.0 Å². The van der Waals surface area contributed by atoms with Gasteiger partial charge in [0.15, 0.2) is 5.78 Å². The van der Waals surface area contributed by atoms with Gasteiger partial charge in [-0.1, -0.05) is 0 Å². The summed E-state index contributed by atoms with van der Waals surface area (Å²) in [5.41, 5.74) is 4.95. The number of phenols is 1. The molecule has 1 aromatic carbocycles. The molecule has 15 heavy (non-hydrogen) atoms. The Morgan fingerprint density at radius 2 is 2.20 bits per heavy atom. The van der Waals surface area contributed by atoms with E-state index < -0.39 is 16.7 Å². The second kappa shape index (κ2) is 4.05. The second-order valence-corrected chi connectivity index (χ2v) is 3.11. The SMILES string of the molecule is CC(N)C(=O)c1cc([N+](=O)[O-])ccc1O. The number of carbonyl (C=O) groups excluding carboxylic acids is 1. The molecular formula is C9H10N2O4. The third-order valence-electron chi connectivity index (χ3n) is 1.87. The molecular weight excluding hydrogens is 200 g/mol. The second-order valence-electron chi connectivity index (χ2n) is 3.11. The van der Waals surface area contributed by atoms with Crippen LogP contribution in [0.5, 0.6) is 5.75 Å². The first-order valence-corrected chi connectivity index (χ1v) is 4.20. The van der Waals surface area contributed by atoms with Crippen molar-refractivity contribution in [3.05, 3.63) is 33.9 Å². The minimum atomic E-state index is -0.807. The molecule has 0 fully saturated rings. The number of aromatic hydroxyl groups is 1. The van der Waals surface area contributed by atoms with E-state index in [1.165, 1.54) is 6.92 Å². The monoisotopic (exact) mass is 210 g/mol. The quantitative estimate of drug-likeness (QED) is 0.436. The van der Waals surface area contributed by atoms with Gasteiger partial charge in [0.2, 0.25) is 0 Å². The van der Waals surface area contributed by atoms with Gasteiger partial charge in [-0.15, -0.1) is 0 Å². The fourth-order valence-electron chi connectivity index (χ4n) is 1.08. The van der Waals surface area contributed by atoms with Crippen LogP contribution in [0.4, 0.5) is 5.69 Å². The molecule has 0 saturated heterocycles. The van der Waals surface area contributed by atoms with Crippen LogP contribution in [-0.4, -0.2) is 21.9 Å². The standard InChI is InChI=1S/C9H10N2O4/c1-5(10)9(13)7-4-6(11(14)15)2-3-8(7)12/h2-5,12H,10H2,1H3. The molecule has 1 unspecified atom stereocenters. The summed E-state index contributed by atoms with van der Waals surface area (Å²) >= 11 is 0. The molecule has 80 valence electrons.